The van der Waals surface area contributed by atoms with Crippen LogP contribution in [0.4, 0.5) is 0 Å². The van der Waals surface area contributed by atoms with Gasteiger partial charge in [0.25, 0.3) is 11.8 Å². The monoisotopic (exact) mass is 369 g/mol. The van der Waals surface area contributed by atoms with Crippen molar-refractivity contribution in [3.05, 3.63) is 47.5 Å². The number of nitrogens with one attached hydrogen (secondary N) is 2. The van der Waals surface area contributed by atoms with Crippen LogP contribution in [-0.4, -0.2) is 38.2 Å². The Morgan fingerprint density at radius 2 is 1.59 bits per heavy atom. The van der Waals surface area contributed by atoms with Gasteiger partial charge >= 0.3 is 0 Å². The number of amides is 2. The lowest BCUT2D eigenvalue weighted by molar-refractivity contribution is -0.120. The van der Waals surface area contributed by atoms with E-state index in [9.17, 15) is 9.59 Å². The molecule has 0 aliphatic carbocycles. The van der Waals surface area contributed by atoms with Gasteiger partial charge in [0.15, 0.2) is 23.0 Å². The van der Waals surface area contributed by atoms with Crippen LogP contribution < -0.4 is 29.7 Å². The van der Waals surface area contributed by atoms with Crippen LogP contribution in [0.25, 0.3) is 0 Å². The van der Waals surface area contributed by atoms with Gasteiger partial charge in [0.05, 0.1) is 12.8 Å². The number of fused-ring (bicyclic) bond motifs is 2. The summed E-state index contributed by atoms with van der Waals surface area (Å²) in [4.78, 5) is 23.9. The SMILES string of the molecule is O=C(CNC(=O)c1ccc2c(c1)OCO2)N/N=C\c1ccc2c(c1)OCO2. The smallest absolute Gasteiger partial charge is 0.259 e. The third-order valence-electron chi connectivity index (χ3n) is 3.84. The fourth-order valence-electron chi connectivity index (χ4n) is 2.51. The molecule has 0 unspecified atom stereocenters. The van der Waals surface area contributed by atoms with Crippen molar-refractivity contribution in [2.24, 2.45) is 5.10 Å². The number of carbonyl (C=O) groups is 2. The molecule has 0 atom stereocenters. The Kier molecular flexibility index (Phi) is 4.48. The summed E-state index contributed by atoms with van der Waals surface area (Å²) in [6.45, 7) is 0.103. The number of hydrogen-bond acceptors (Lipinski definition) is 7. The molecule has 138 valence electrons. The molecule has 27 heavy (non-hydrogen) atoms. The molecule has 2 aliphatic rings. The van der Waals surface area contributed by atoms with E-state index >= 15 is 0 Å². The van der Waals surface area contributed by atoms with Crippen molar-refractivity contribution < 1.29 is 28.5 Å². The zero-order chi connectivity index (χ0) is 18.6. The number of carbonyl (C=O) groups excluding carboxylic acids is 2. The van der Waals surface area contributed by atoms with E-state index in [4.69, 9.17) is 18.9 Å². The second kappa shape index (κ2) is 7.24. The highest BCUT2D eigenvalue weighted by atomic mass is 16.7. The maximum Gasteiger partial charge on any atom is 0.259 e. The molecule has 2 amide bonds. The van der Waals surface area contributed by atoms with E-state index in [1.807, 2.05) is 0 Å². The summed E-state index contributed by atoms with van der Waals surface area (Å²) in [5.41, 5.74) is 3.46. The minimum atomic E-state index is -0.457. The number of benzene rings is 2. The lowest BCUT2D eigenvalue weighted by atomic mass is 10.2. The van der Waals surface area contributed by atoms with Crippen LogP contribution in [0, 0.1) is 0 Å². The summed E-state index contributed by atoms with van der Waals surface area (Å²) in [5.74, 6) is 1.52. The Balaban J connectivity index is 1.26. The van der Waals surface area contributed by atoms with E-state index in [1.165, 1.54) is 6.21 Å². The van der Waals surface area contributed by atoms with Gasteiger partial charge in [0.1, 0.15) is 0 Å². The summed E-state index contributed by atoms with van der Waals surface area (Å²) in [5, 5.41) is 6.37. The van der Waals surface area contributed by atoms with Crippen molar-refractivity contribution >= 4 is 18.0 Å². The van der Waals surface area contributed by atoms with Crippen molar-refractivity contribution in [1.82, 2.24) is 10.7 Å². The predicted octanol–water partition coefficient (Wildman–Crippen LogP) is 1.02. The van der Waals surface area contributed by atoms with Crippen molar-refractivity contribution in [3.63, 3.8) is 0 Å². The Bertz CT molecular complexity index is 927. The molecule has 0 saturated carbocycles. The molecule has 9 heteroatoms. The second-order valence-electron chi connectivity index (χ2n) is 5.66. The molecule has 0 aromatic heterocycles. The van der Waals surface area contributed by atoms with Crippen LogP contribution in [-0.2, 0) is 4.79 Å². The Morgan fingerprint density at radius 3 is 2.37 bits per heavy atom. The van der Waals surface area contributed by atoms with Gasteiger partial charge in [-0.15, -0.1) is 0 Å². The molecule has 2 aliphatic heterocycles. The van der Waals surface area contributed by atoms with Crippen LogP contribution in [0.15, 0.2) is 41.5 Å². The highest BCUT2D eigenvalue weighted by Gasteiger charge is 2.16. The van der Waals surface area contributed by atoms with Gasteiger partial charge in [0, 0.05) is 5.56 Å². The highest BCUT2D eigenvalue weighted by Crippen LogP contribution is 2.33. The lowest BCUT2D eigenvalue weighted by Gasteiger charge is -2.05. The Hall–Kier alpha value is -3.75. The third kappa shape index (κ3) is 3.76. The van der Waals surface area contributed by atoms with Crippen molar-refractivity contribution in [2.45, 2.75) is 0 Å². The lowest BCUT2D eigenvalue weighted by Crippen LogP contribution is -2.34. The largest absolute Gasteiger partial charge is 0.454 e. The van der Waals surface area contributed by atoms with Crippen LogP contribution in [0.2, 0.25) is 0 Å². The van der Waals surface area contributed by atoms with Gasteiger partial charge in [-0.25, -0.2) is 5.43 Å². The summed E-state index contributed by atoms with van der Waals surface area (Å²) >= 11 is 0. The topological polar surface area (TPSA) is 107 Å². The average Bonchev–Trinajstić information content (AvgIpc) is 3.34. The van der Waals surface area contributed by atoms with E-state index in [0.717, 1.165) is 5.56 Å². The summed E-state index contributed by atoms with van der Waals surface area (Å²) in [6.07, 6.45) is 1.47. The first-order chi connectivity index (χ1) is 13.2. The van der Waals surface area contributed by atoms with Gasteiger partial charge in [-0.05, 0) is 42.0 Å². The van der Waals surface area contributed by atoms with Crippen LogP contribution >= 0.6 is 0 Å². The molecule has 4 rings (SSSR count). The zero-order valence-corrected chi connectivity index (χ0v) is 14.1. The maximum atomic E-state index is 12.1. The number of rotatable bonds is 5. The van der Waals surface area contributed by atoms with E-state index in [2.05, 4.69) is 15.8 Å². The molecule has 2 aromatic carbocycles. The van der Waals surface area contributed by atoms with Crippen LogP contribution in [0.5, 0.6) is 23.0 Å². The van der Waals surface area contributed by atoms with E-state index < -0.39 is 11.8 Å². The number of hydrogen-bond donors (Lipinski definition) is 2. The summed E-state index contributed by atoms with van der Waals surface area (Å²) in [7, 11) is 0. The van der Waals surface area contributed by atoms with Gasteiger partial charge in [0.2, 0.25) is 13.6 Å². The van der Waals surface area contributed by atoms with Crippen molar-refractivity contribution in [3.8, 4) is 23.0 Å². The first-order valence-corrected chi connectivity index (χ1v) is 8.08. The zero-order valence-electron chi connectivity index (χ0n) is 14.1. The van der Waals surface area contributed by atoms with E-state index in [0.29, 0.717) is 28.6 Å². The molecule has 0 radical (unpaired) electrons. The fourth-order valence-corrected chi connectivity index (χ4v) is 2.51. The minimum absolute atomic E-state index is 0.129. The molecule has 0 fully saturated rings. The molecular weight excluding hydrogens is 354 g/mol. The van der Waals surface area contributed by atoms with Gasteiger partial charge in [-0.2, -0.15) is 5.10 Å². The highest BCUT2D eigenvalue weighted by molar-refractivity contribution is 5.97. The molecule has 0 bridgehead atoms. The first-order valence-electron chi connectivity index (χ1n) is 8.08. The van der Waals surface area contributed by atoms with Crippen molar-refractivity contribution in [1.29, 1.82) is 0 Å². The number of ether oxygens (including phenoxy) is 4. The molecule has 2 N–H and O–H groups in total. The fraction of sp³-hybridized carbons (Fsp3) is 0.167. The van der Waals surface area contributed by atoms with Gasteiger partial charge in [-0.1, -0.05) is 0 Å². The second-order valence-corrected chi connectivity index (χ2v) is 5.66. The quantitative estimate of drug-likeness (QED) is 0.602. The molecule has 0 saturated heterocycles. The van der Waals surface area contributed by atoms with Gasteiger partial charge < -0.3 is 24.3 Å². The minimum Gasteiger partial charge on any atom is -0.454 e. The van der Waals surface area contributed by atoms with Crippen molar-refractivity contribution in [2.75, 3.05) is 20.1 Å². The Labute approximate surface area is 153 Å². The summed E-state index contributed by atoms with van der Waals surface area (Å²) in [6, 6.07) is 10.1. The number of nitrogens with zero attached hydrogens (tertiary/aromatic N) is 1. The summed E-state index contributed by atoms with van der Waals surface area (Å²) < 4.78 is 20.9. The third-order valence-corrected chi connectivity index (χ3v) is 3.84. The van der Waals surface area contributed by atoms with Crippen LogP contribution in [0.1, 0.15) is 15.9 Å². The molecule has 9 nitrogen and oxygen atoms in total. The number of hydrazone groups is 1. The van der Waals surface area contributed by atoms with E-state index in [1.54, 1.807) is 36.4 Å². The molecule has 0 spiro atoms. The average molecular weight is 369 g/mol. The normalized spacial score (nSPS) is 13.6. The van der Waals surface area contributed by atoms with Gasteiger partial charge in [-0.3, -0.25) is 9.59 Å². The molecule has 2 heterocycles. The standard InChI is InChI=1S/C18H15N3O6/c22-17(21-20-7-11-1-3-13-15(5-11)26-9-24-13)8-19-18(23)12-2-4-14-16(6-12)27-10-25-14/h1-7H,8-10H2,(H,19,23)(H,21,22)/b20-7-. The first kappa shape index (κ1) is 16.7. The predicted molar refractivity (Wildman–Crippen MR) is 93.2 cm³/mol. The molecular formula is C18H15N3O6. The Morgan fingerprint density at radius 1 is 0.926 bits per heavy atom. The van der Waals surface area contributed by atoms with E-state index in [-0.39, 0.29) is 20.1 Å². The maximum absolute atomic E-state index is 12.1. The molecule has 2 aromatic rings. The van der Waals surface area contributed by atoms with Crippen LogP contribution in [0.3, 0.4) is 0 Å².